The summed E-state index contributed by atoms with van der Waals surface area (Å²) in [7, 11) is 0. The molecule has 0 saturated carbocycles. The van der Waals surface area contributed by atoms with Crippen molar-refractivity contribution < 1.29 is 9.90 Å². The van der Waals surface area contributed by atoms with Crippen LogP contribution in [0.1, 0.15) is 16.8 Å². The van der Waals surface area contributed by atoms with Gasteiger partial charge in [-0.3, -0.25) is 14.2 Å². The first-order valence-electron chi connectivity index (χ1n) is 7.38. The molecule has 124 valence electrons. The molecule has 0 aliphatic rings. The first-order valence-corrected chi connectivity index (χ1v) is 7.76. The third kappa shape index (κ3) is 2.49. The minimum absolute atomic E-state index is 0.372. The van der Waals surface area contributed by atoms with E-state index in [1.807, 2.05) is 26.8 Å². The van der Waals surface area contributed by atoms with Crippen LogP contribution in [0.3, 0.4) is 0 Å². The Bertz CT molecular complexity index is 1030. The highest BCUT2D eigenvalue weighted by Crippen LogP contribution is 2.27. The number of hydrogen-bond donors (Lipinski definition) is 1. The maximum absolute atomic E-state index is 12.4. The van der Waals surface area contributed by atoms with Crippen LogP contribution in [0, 0.1) is 20.8 Å². The highest BCUT2D eigenvalue weighted by Gasteiger charge is 2.19. The first-order chi connectivity index (χ1) is 11.3. The summed E-state index contributed by atoms with van der Waals surface area (Å²) in [6.07, 6.45) is 0. The molecule has 0 radical (unpaired) electrons. The van der Waals surface area contributed by atoms with Gasteiger partial charge in [0, 0.05) is 16.5 Å². The second-order valence-electron chi connectivity index (χ2n) is 5.73. The highest BCUT2D eigenvalue weighted by atomic mass is 35.5. The molecule has 2 aromatic heterocycles. The molecule has 0 bridgehead atoms. The van der Waals surface area contributed by atoms with Crippen molar-refractivity contribution in [3.8, 4) is 5.69 Å². The summed E-state index contributed by atoms with van der Waals surface area (Å²) < 4.78 is 2.83. The molecule has 2 heterocycles. The van der Waals surface area contributed by atoms with Gasteiger partial charge in [-0.25, -0.2) is 4.68 Å². The number of carbonyl (C=O) groups is 1. The third-order valence-corrected chi connectivity index (χ3v) is 4.46. The van der Waals surface area contributed by atoms with E-state index in [0.29, 0.717) is 16.4 Å². The molecular weight excluding hydrogens is 330 g/mol. The molecule has 6 nitrogen and oxygen atoms in total. The molecule has 3 rings (SSSR count). The number of aliphatic carboxylic acids is 1. The Morgan fingerprint density at radius 3 is 2.67 bits per heavy atom. The second-order valence-corrected chi connectivity index (χ2v) is 6.13. The zero-order valence-electron chi connectivity index (χ0n) is 13.5. The van der Waals surface area contributed by atoms with Gasteiger partial charge in [-0.2, -0.15) is 5.10 Å². The van der Waals surface area contributed by atoms with Crippen LogP contribution in [0.5, 0.6) is 0 Å². The molecule has 0 spiro atoms. The first kappa shape index (κ1) is 16.3. The molecule has 7 heteroatoms. The quantitative estimate of drug-likeness (QED) is 0.791. The van der Waals surface area contributed by atoms with Gasteiger partial charge in [0.25, 0.3) is 5.56 Å². The second kappa shape index (κ2) is 5.79. The minimum Gasteiger partial charge on any atom is -0.480 e. The Morgan fingerprint density at radius 1 is 1.29 bits per heavy atom. The van der Waals surface area contributed by atoms with Crippen LogP contribution in [0.15, 0.2) is 29.1 Å². The summed E-state index contributed by atoms with van der Waals surface area (Å²) in [4.78, 5) is 23.6. The van der Waals surface area contributed by atoms with Crippen molar-refractivity contribution in [2.24, 2.45) is 0 Å². The van der Waals surface area contributed by atoms with Crippen LogP contribution in [-0.2, 0) is 11.3 Å². The molecule has 0 aliphatic heterocycles. The fourth-order valence-corrected chi connectivity index (χ4v) is 3.12. The monoisotopic (exact) mass is 345 g/mol. The van der Waals surface area contributed by atoms with E-state index in [0.717, 1.165) is 22.2 Å². The summed E-state index contributed by atoms with van der Waals surface area (Å²) in [6.45, 7) is 5.08. The van der Waals surface area contributed by atoms with Crippen LogP contribution < -0.4 is 5.56 Å². The van der Waals surface area contributed by atoms with Crippen molar-refractivity contribution in [2.75, 3.05) is 0 Å². The van der Waals surface area contributed by atoms with Crippen LogP contribution >= 0.6 is 11.6 Å². The van der Waals surface area contributed by atoms with E-state index < -0.39 is 12.5 Å². The molecule has 0 saturated heterocycles. The minimum atomic E-state index is -1.09. The summed E-state index contributed by atoms with van der Waals surface area (Å²) in [5.41, 5.74) is 3.10. The van der Waals surface area contributed by atoms with E-state index in [2.05, 4.69) is 5.10 Å². The van der Waals surface area contributed by atoms with Gasteiger partial charge in [-0.05, 0) is 44.0 Å². The lowest BCUT2D eigenvalue weighted by Gasteiger charge is -2.12. The lowest BCUT2D eigenvalue weighted by molar-refractivity contribution is -0.137. The Hall–Kier alpha value is -2.60. The number of halogens is 1. The number of aromatic nitrogens is 3. The average molecular weight is 346 g/mol. The van der Waals surface area contributed by atoms with Crippen LogP contribution in [-0.4, -0.2) is 25.4 Å². The lowest BCUT2D eigenvalue weighted by atomic mass is 10.1. The van der Waals surface area contributed by atoms with Gasteiger partial charge in [-0.15, -0.1) is 0 Å². The number of fused-ring (bicyclic) bond motifs is 1. The van der Waals surface area contributed by atoms with Crippen molar-refractivity contribution >= 4 is 28.6 Å². The number of hydrogen-bond acceptors (Lipinski definition) is 3. The van der Waals surface area contributed by atoms with Gasteiger partial charge in [0.15, 0.2) is 0 Å². The number of benzene rings is 1. The van der Waals surface area contributed by atoms with E-state index in [9.17, 15) is 14.7 Å². The van der Waals surface area contributed by atoms with Crippen LogP contribution in [0.2, 0.25) is 5.02 Å². The number of pyridine rings is 1. The predicted molar refractivity (Wildman–Crippen MR) is 92.2 cm³/mol. The maximum atomic E-state index is 12.4. The van der Waals surface area contributed by atoms with Crippen molar-refractivity contribution in [1.29, 1.82) is 0 Å². The largest absolute Gasteiger partial charge is 0.480 e. The number of nitrogens with zero attached hydrogens (tertiary/aromatic N) is 3. The standard InChI is InChI=1S/C17H16ClN3O3/c1-9-7-14(22)20(8-15(23)24)17-16(9)11(3)19-21(17)13-6-4-5-12(18)10(13)2/h4-7H,8H2,1-3H3,(H,23,24). The van der Waals surface area contributed by atoms with Crippen LogP contribution in [0.25, 0.3) is 16.7 Å². The molecule has 1 aromatic carbocycles. The Balaban J connectivity index is 2.48. The van der Waals surface area contributed by atoms with Gasteiger partial charge in [0.1, 0.15) is 12.2 Å². The molecule has 0 aliphatic carbocycles. The number of aryl methyl sites for hydroxylation is 2. The molecular formula is C17H16ClN3O3. The van der Waals surface area contributed by atoms with Crippen molar-refractivity contribution in [3.05, 3.63) is 56.5 Å². The van der Waals surface area contributed by atoms with E-state index in [-0.39, 0.29) is 5.56 Å². The average Bonchev–Trinajstić information content (AvgIpc) is 2.84. The maximum Gasteiger partial charge on any atom is 0.323 e. The van der Waals surface area contributed by atoms with Gasteiger partial charge in [-0.1, -0.05) is 17.7 Å². The molecule has 24 heavy (non-hydrogen) atoms. The Morgan fingerprint density at radius 2 is 2.00 bits per heavy atom. The van der Waals surface area contributed by atoms with Crippen molar-refractivity contribution in [1.82, 2.24) is 14.3 Å². The molecule has 0 amide bonds. The lowest BCUT2D eigenvalue weighted by Crippen LogP contribution is -2.25. The molecule has 3 aromatic rings. The van der Waals surface area contributed by atoms with Gasteiger partial charge >= 0.3 is 5.97 Å². The van der Waals surface area contributed by atoms with Gasteiger partial charge in [0.2, 0.25) is 0 Å². The topological polar surface area (TPSA) is 77.1 Å². The zero-order chi connectivity index (χ0) is 17.6. The summed E-state index contributed by atoms with van der Waals surface area (Å²) in [6, 6.07) is 6.84. The van der Waals surface area contributed by atoms with E-state index in [4.69, 9.17) is 11.6 Å². The van der Waals surface area contributed by atoms with Gasteiger partial charge < -0.3 is 5.11 Å². The van der Waals surface area contributed by atoms with Crippen molar-refractivity contribution in [2.45, 2.75) is 27.3 Å². The molecule has 0 atom stereocenters. The molecule has 1 N–H and O–H groups in total. The zero-order valence-corrected chi connectivity index (χ0v) is 14.3. The number of carboxylic acids is 1. The summed E-state index contributed by atoms with van der Waals surface area (Å²) in [5.74, 6) is -1.09. The highest BCUT2D eigenvalue weighted by molar-refractivity contribution is 6.31. The molecule has 0 fully saturated rings. The van der Waals surface area contributed by atoms with E-state index in [1.165, 1.54) is 10.6 Å². The van der Waals surface area contributed by atoms with Crippen molar-refractivity contribution in [3.63, 3.8) is 0 Å². The Labute approximate surface area is 142 Å². The number of carboxylic acid groups (broad SMARTS) is 1. The fraction of sp³-hybridized carbons (Fsp3) is 0.235. The predicted octanol–water partition coefficient (Wildman–Crippen LogP) is 2.85. The Kier molecular flexibility index (Phi) is 3.93. The van der Waals surface area contributed by atoms with E-state index >= 15 is 0 Å². The summed E-state index contributed by atoms with van der Waals surface area (Å²) in [5, 5.41) is 15.1. The van der Waals surface area contributed by atoms with Gasteiger partial charge in [0.05, 0.1) is 11.4 Å². The smallest absolute Gasteiger partial charge is 0.323 e. The normalized spacial score (nSPS) is 11.2. The number of rotatable bonds is 3. The SMILES string of the molecule is Cc1c(Cl)cccc1-n1nc(C)c2c(C)cc(=O)n(CC(=O)O)c21. The third-order valence-electron chi connectivity index (χ3n) is 4.05. The summed E-state index contributed by atoms with van der Waals surface area (Å²) >= 11 is 6.20. The van der Waals surface area contributed by atoms with Crippen LogP contribution in [0.4, 0.5) is 0 Å². The van der Waals surface area contributed by atoms with E-state index in [1.54, 1.807) is 16.8 Å². The molecule has 0 unspecified atom stereocenters. The fourth-order valence-electron chi connectivity index (χ4n) is 2.95.